The summed E-state index contributed by atoms with van der Waals surface area (Å²) in [6, 6.07) is 9.40. The van der Waals surface area contributed by atoms with E-state index in [9.17, 15) is 20.1 Å². The molecule has 0 spiro atoms. The van der Waals surface area contributed by atoms with Gasteiger partial charge in [0.05, 0.1) is 6.61 Å². The summed E-state index contributed by atoms with van der Waals surface area (Å²) < 4.78 is 15.7. The zero-order chi connectivity index (χ0) is 20.4. The van der Waals surface area contributed by atoms with Gasteiger partial charge in [0.15, 0.2) is 6.29 Å². The molecule has 158 valence electrons. The second-order valence-electron chi connectivity index (χ2n) is 6.62. The highest BCUT2D eigenvalue weighted by molar-refractivity contribution is 5.67. The SMILES string of the molecule is O=C(NCCCCCO[C@@H]1O[C@H](CO)[C@@H](O)[C@H](O)[C@H]1O)OCc1ccccc1. The first kappa shape index (κ1) is 22.5. The number of hydrogen-bond acceptors (Lipinski definition) is 8. The van der Waals surface area contributed by atoms with E-state index in [4.69, 9.17) is 19.3 Å². The lowest BCUT2D eigenvalue weighted by Gasteiger charge is -2.39. The van der Waals surface area contributed by atoms with Crippen LogP contribution in [0.25, 0.3) is 0 Å². The van der Waals surface area contributed by atoms with Gasteiger partial charge in [-0.25, -0.2) is 4.79 Å². The summed E-state index contributed by atoms with van der Waals surface area (Å²) in [5.74, 6) is 0. The Morgan fingerprint density at radius 3 is 2.50 bits per heavy atom. The summed E-state index contributed by atoms with van der Waals surface area (Å²) in [5, 5.41) is 41.0. The van der Waals surface area contributed by atoms with Crippen LogP contribution in [0.4, 0.5) is 4.79 Å². The van der Waals surface area contributed by atoms with Gasteiger partial charge < -0.3 is 40.0 Å². The van der Waals surface area contributed by atoms with Gasteiger partial charge in [-0.2, -0.15) is 0 Å². The molecular weight excluding hydrogens is 370 g/mol. The topological polar surface area (TPSA) is 138 Å². The minimum atomic E-state index is -1.44. The Labute approximate surface area is 163 Å². The Hall–Kier alpha value is -1.75. The maximum atomic E-state index is 11.6. The molecule has 1 aliphatic heterocycles. The number of unbranched alkanes of at least 4 members (excludes halogenated alkanes) is 2. The number of carbonyl (C=O) groups is 1. The highest BCUT2D eigenvalue weighted by Crippen LogP contribution is 2.22. The number of aliphatic hydroxyl groups is 4. The van der Waals surface area contributed by atoms with Crippen molar-refractivity contribution in [2.24, 2.45) is 0 Å². The van der Waals surface area contributed by atoms with Crippen molar-refractivity contribution >= 4 is 6.09 Å². The van der Waals surface area contributed by atoms with E-state index >= 15 is 0 Å². The number of carbonyl (C=O) groups excluding carboxylic acids is 1. The Morgan fingerprint density at radius 1 is 1.04 bits per heavy atom. The highest BCUT2D eigenvalue weighted by Gasteiger charge is 2.43. The standard InChI is InChI=1S/C19H29NO8/c21-11-14-15(22)16(23)17(24)18(28-14)26-10-6-2-5-9-20-19(25)27-12-13-7-3-1-4-8-13/h1,3-4,7-8,14-18,21-24H,2,5-6,9-12H2,(H,20,25)/t14-,15-,16+,17-,18-/m1/s1. The van der Waals surface area contributed by atoms with Crippen LogP contribution >= 0.6 is 0 Å². The summed E-state index contributed by atoms with van der Waals surface area (Å²) in [4.78, 5) is 11.6. The molecule has 9 heteroatoms. The molecule has 5 N–H and O–H groups in total. The molecule has 9 nitrogen and oxygen atoms in total. The Balaban J connectivity index is 1.51. The van der Waals surface area contributed by atoms with Gasteiger partial charge in [0.2, 0.25) is 0 Å². The van der Waals surface area contributed by atoms with Crippen LogP contribution in [-0.2, 0) is 20.8 Å². The van der Waals surface area contributed by atoms with E-state index in [-0.39, 0.29) is 13.2 Å². The van der Waals surface area contributed by atoms with Gasteiger partial charge in [0, 0.05) is 13.2 Å². The van der Waals surface area contributed by atoms with E-state index in [0.29, 0.717) is 13.0 Å². The van der Waals surface area contributed by atoms with Gasteiger partial charge in [-0.1, -0.05) is 30.3 Å². The first-order valence-corrected chi connectivity index (χ1v) is 9.39. The molecule has 0 saturated carbocycles. The maximum Gasteiger partial charge on any atom is 0.407 e. The number of ether oxygens (including phenoxy) is 3. The minimum Gasteiger partial charge on any atom is -0.445 e. The van der Waals surface area contributed by atoms with Crippen LogP contribution < -0.4 is 5.32 Å². The lowest BCUT2D eigenvalue weighted by molar-refractivity contribution is -0.301. The minimum absolute atomic E-state index is 0.222. The lowest BCUT2D eigenvalue weighted by atomic mass is 9.99. The molecule has 28 heavy (non-hydrogen) atoms. The number of aliphatic hydroxyl groups excluding tert-OH is 4. The fraction of sp³-hybridized carbons (Fsp3) is 0.632. The van der Waals surface area contributed by atoms with Crippen LogP contribution in [0.3, 0.4) is 0 Å². The number of rotatable bonds is 10. The largest absolute Gasteiger partial charge is 0.445 e. The van der Waals surface area contributed by atoms with Crippen molar-refractivity contribution in [3.05, 3.63) is 35.9 Å². The van der Waals surface area contributed by atoms with Crippen LogP contribution in [0, 0.1) is 0 Å². The summed E-state index contributed by atoms with van der Waals surface area (Å²) in [6.45, 7) is 0.464. The fourth-order valence-corrected chi connectivity index (χ4v) is 2.77. The predicted molar refractivity (Wildman–Crippen MR) is 98.2 cm³/mol. The van der Waals surface area contributed by atoms with Crippen LogP contribution in [0.1, 0.15) is 24.8 Å². The molecule has 1 amide bonds. The molecule has 0 aromatic heterocycles. The second-order valence-corrected chi connectivity index (χ2v) is 6.62. The normalized spacial score (nSPS) is 27.4. The molecule has 0 bridgehead atoms. The molecule has 2 rings (SSSR count). The quantitative estimate of drug-likeness (QED) is 0.344. The van der Waals surface area contributed by atoms with Crippen molar-refractivity contribution in [1.29, 1.82) is 0 Å². The van der Waals surface area contributed by atoms with E-state index in [0.717, 1.165) is 18.4 Å². The molecular formula is C19H29NO8. The van der Waals surface area contributed by atoms with E-state index in [1.54, 1.807) is 0 Å². The van der Waals surface area contributed by atoms with E-state index < -0.39 is 43.4 Å². The number of hydrogen-bond donors (Lipinski definition) is 5. The van der Waals surface area contributed by atoms with Gasteiger partial charge in [-0.3, -0.25) is 0 Å². The average Bonchev–Trinajstić information content (AvgIpc) is 2.72. The molecule has 1 heterocycles. The number of amides is 1. The van der Waals surface area contributed by atoms with Crippen molar-refractivity contribution in [1.82, 2.24) is 5.32 Å². The molecule has 1 aromatic carbocycles. The second kappa shape index (κ2) is 11.9. The van der Waals surface area contributed by atoms with E-state index in [1.807, 2.05) is 30.3 Å². The Bertz CT molecular complexity index is 570. The summed E-state index contributed by atoms with van der Waals surface area (Å²) in [5.41, 5.74) is 0.919. The third-order valence-electron chi connectivity index (χ3n) is 4.43. The monoisotopic (exact) mass is 399 g/mol. The smallest absolute Gasteiger partial charge is 0.407 e. The maximum absolute atomic E-state index is 11.6. The van der Waals surface area contributed by atoms with Crippen LogP contribution in [-0.4, -0.2) is 77.0 Å². The molecule has 5 atom stereocenters. The van der Waals surface area contributed by atoms with Crippen molar-refractivity contribution in [2.45, 2.75) is 56.6 Å². The summed E-state index contributed by atoms with van der Waals surface area (Å²) >= 11 is 0. The van der Waals surface area contributed by atoms with E-state index in [1.165, 1.54) is 0 Å². The fourth-order valence-electron chi connectivity index (χ4n) is 2.77. The number of nitrogens with one attached hydrogen (secondary N) is 1. The van der Waals surface area contributed by atoms with Crippen molar-refractivity contribution < 1.29 is 39.4 Å². The van der Waals surface area contributed by atoms with Gasteiger partial charge in [0.25, 0.3) is 0 Å². The molecule has 1 fully saturated rings. The molecule has 1 saturated heterocycles. The van der Waals surface area contributed by atoms with Gasteiger partial charge in [0.1, 0.15) is 31.0 Å². The van der Waals surface area contributed by atoms with Crippen LogP contribution in [0.15, 0.2) is 30.3 Å². The summed E-state index contributed by atoms with van der Waals surface area (Å²) in [7, 11) is 0. The molecule has 0 aliphatic carbocycles. The summed E-state index contributed by atoms with van der Waals surface area (Å²) in [6.07, 6.45) is -4.66. The van der Waals surface area contributed by atoms with Gasteiger partial charge >= 0.3 is 6.09 Å². The number of alkyl carbamates (subject to hydrolysis) is 1. The Morgan fingerprint density at radius 2 is 1.79 bits per heavy atom. The van der Waals surface area contributed by atoms with Crippen LogP contribution in [0.5, 0.6) is 0 Å². The van der Waals surface area contributed by atoms with Crippen LogP contribution in [0.2, 0.25) is 0 Å². The number of benzene rings is 1. The highest BCUT2D eigenvalue weighted by atomic mass is 16.7. The zero-order valence-corrected chi connectivity index (χ0v) is 15.6. The van der Waals surface area contributed by atoms with Gasteiger partial charge in [-0.05, 0) is 24.8 Å². The van der Waals surface area contributed by atoms with Crippen molar-refractivity contribution in [3.63, 3.8) is 0 Å². The first-order chi connectivity index (χ1) is 13.5. The third kappa shape index (κ3) is 7.01. The predicted octanol–water partition coefficient (Wildman–Crippen LogP) is -0.100. The van der Waals surface area contributed by atoms with Gasteiger partial charge in [-0.15, -0.1) is 0 Å². The third-order valence-corrected chi connectivity index (χ3v) is 4.43. The molecule has 1 aliphatic rings. The van der Waals surface area contributed by atoms with Crippen molar-refractivity contribution in [2.75, 3.05) is 19.8 Å². The first-order valence-electron chi connectivity index (χ1n) is 9.39. The lowest BCUT2D eigenvalue weighted by Crippen LogP contribution is -2.59. The van der Waals surface area contributed by atoms with E-state index in [2.05, 4.69) is 5.32 Å². The molecule has 0 unspecified atom stereocenters. The van der Waals surface area contributed by atoms with Crippen molar-refractivity contribution in [3.8, 4) is 0 Å². The zero-order valence-electron chi connectivity index (χ0n) is 15.6. The Kier molecular flexibility index (Phi) is 9.62. The average molecular weight is 399 g/mol. The molecule has 0 radical (unpaired) electrons. The molecule has 1 aromatic rings.